The monoisotopic (exact) mass is 328 g/mol. The van der Waals surface area contributed by atoms with Crippen LogP contribution in [-0.2, 0) is 13.0 Å². The van der Waals surface area contributed by atoms with E-state index in [0.717, 1.165) is 18.8 Å². The van der Waals surface area contributed by atoms with E-state index >= 15 is 0 Å². The van der Waals surface area contributed by atoms with Gasteiger partial charge < -0.3 is 5.32 Å². The summed E-state index contributed by atoms with van der Waals surface area (Å²) in [6.45, 7) is 5.06. The summed E-state index contributed by atoms with van der Waals surface area (Å²) < 4.78 is 3.15. The molecule has 0 spiro atoms. The molecule has 1 atom stereocenters. The number of rotatable bonds is 5. The van der Waals surface area contributed by atoms with Crippen molar-refractivity contribution < 1.29 is 0 Å². The van der Waals surface area contributed by atoms with Crippen LogP contribution in [0, 0.1) is 6.92 Å². The highest BCUT2D eigenvalue weighted by molar-refractivity contribution is 9.11. The molecule has 1 unspecified atom stereocenters. The number of aryl methyl sites for hydroxylation is 2. The molecule has 2 aromatic heterocycles. The van der Waals surface area contributed by atoms with Crippen molar-refractivity contribution in [3.05, 3.63) is 32.4 Å². The predicted octanol–water partition coefficient (Wildman–Crippen LogP) is 2.93. The van der Waals surface area contributed by atoms with Crippen molar-refractivity contribution in [2.75, 3.05) is 7.05 Å². The van der Waals surface area contributed by atoms with E-state index in [2.05, 4.69) is 51.2 Å². The van der Waals surface area contributed by atoms with Crippen LogP contribution in [0.1, 0.15) is 29.2 Å². The van der Waals surface area contributed by atoms with Gasteiger partial charge in [0.1, 0.15) is 12.2 Å². The molecule has 0 aromatic carbocycles. The number of nitrogens with one attached hydrogen (secondary N) is 1. The van der Waals surface area contributed by atoms with Crippen molar-refractivity contribution in [1.29, 1.82) is 0 Å². The first-order valence-corrected chi connectivity index (χ1v) is 7.56. The number of halogens is 1. The van der Waals surface area contributed by atoms with Gasteiger partial charge in [-0.3, -0.25) is 4.68 Å². The average molecular weight is 329 g/mol. The summed E-state index contributed by atoms with van der Waals surface area (Å²) in [5.74, 6) is 1.03. The van der Waals surface area contributed by atoms with Crippen LogP contribution in [0.25, 0.3) is 0 Å². The fraction of sp³-hybridized carbons (Fsp3) is 0.500. The highest BCUT2D eigenvalue weighted by Crippen LogP contribution is 2.32. The molecule has 0 aliphatic heterocycles. The Morgan fingerprint density at radius 2 is 2.33 bits per heavy atom. The molecule has 0 saturated heterocycles. The van der Waals surface area contributed by atoms with Crippen molar-refractivity contribution in [2.24, 2.45) is 0 Å². The normalized spacial score (nSPS) is 12.9. The number of hydrogen-bond acceptors (Lipinski definition) is 4. The second-order valence-corrected chi connectivity index (χ2v) is 6.54. The highest BCUT2D eigenvalue weighted by atomic mass is 79.9. The Balaban J connectivity index is 2.19. The van der Waals surface area contributed by atoms with E-state index in [1.807, 2.05) is 11.7 Å². The Morgan fingerprint density at radius 1 is 1.56 bits per heavy atom. The van der Waals surface area contributed by atoms with Crippen LogP contribution in [0.5, 0.6) is 0 Å². The fourth-order valence-corrected chi connectivity index (χ4v) is 3.57. The topological polar surface area (TPSA) is 42.7 Å². The zero-order chi connectivity index (χ0) is 13.1. The maximum absolute atomic E-state index is 4.33. The van der Waals surface area contributed by atoms with Gasteiger partial charge in [-0.15, -0.1) is 11.3 Å². The van der Waals surface area contributed by atoms with E-state index < -0.39 is 0 Å². The Hall–Kier alpha value is -0.720. The average Bonchev–Trinajstić information content (AvgIpc) is 2.93. The molecule has 0 bridgehead atoms. The molecular formula is C12H17BrN4S. The van der Waals surface area contributed by atoms with E-state index in [-0.39, 0.29) is 6.04 Å². The smallest absolute Gasteiger partial charge is 0.138 e. The van der Waals surface area contributed by atoms with Gasteiger partial charge in [-0.1, -0.05) is 0 Å². The third kappa shape index (κ3) is 2.81. The lowest BCUT2D eigenvalue weighted by Gasteiger charge is -2.14. The zero-order valence-electron chi connectivity index (χ0n) is 10.8. The summed E-state index contributed by atoms with van der Waals surface area (Å²) in [6.07, 6.45) is 2.48. The third-order valence-corrected chi connectivity index (χ3v) is 5.20. The minimum atomic E-state index is 0.287. The number of hydrogen-bond donors (Lipinski definition) is 1. The molecule has 2 aromatic rings. The molecule has 0 amide bonds. The zero-order valence-corrected chi connectivity index (χ0v) is 13.2. The molecule has 6 heteroatoms. The van der Waals surface area contributed by atoms with Gasteiger partial charge >= 0.3 is 0 Å². The number of likely N-dealkylation sites (N-methyl/N-ethyl adjacent to an activating group) is 1. The fourth-order valence-electron chi connectivity index (χ4n) is 1.89. The van der Waals surface area contributed by atoms with E-state index in [9.17, 15) is 0 Å². The molecular weight excluding hydrogens is 312 g/mol. The van der Waals surface area contributed by atoms with Crippen LogP contribution in [-0.4, -0.2) is 21.8 Å². The molecule has 0 aliphatic rings. The quantitative estimate of drug-likeness (QED) is 0.917. The molecule has 2 rings (SSSR count). The Morgan fingerprint density at radius 3 is 2.89 bits per heavy atom. The van der Waals surface area contributed by atoms with Gasteiger partial charge in [-0.2, -0.15) is 5.10 Å². The molecule has 2 heterocycles. The molecule has 0 radical (unpaired) electrons. The van der Waals surface area contributed by atoms with Gasteiger partial charge in [0.25, 0.3) is 0 Å². The number of nitrogens with zero attached hydrogens (tertiary/aromatic N) is 3. The van der Waals surface area contributed by atoms with Gasteiger partial charge in [-0.25, -0.2) is 4.98 Å². The standard InChI is InChI=1S/C12H17BrN4S/c1-4-17-11(15-7-16-17)6-9(14-3)10-5-8(2)12(13)18-10/h5,7,9,14H,4,6H2,1-3H3. The van der Waals surface area contributed by atoms with Crippen molar-refractivity contribution >= 4 is 27.3 Å². The minimum absolute atomic E-state index is 0.287. The first-order valence-electron chi connectivity index (χ1n) is 5.95. The largest absolute Gasteiger partial charge is 0.312 e. The maximum atomic E-state index is 4.33. The third-order valence-electron chi connectivity index (χ3n) is 2.95. The molecule has 18 heavy (non-hydrogen) atoms. The van der Waals surface area contributed by atoms with E-state index in [1.165, 1.54) is 14.2 Å². The van der Waals surface area contributed by atoms with Crippen molar-refractivity contribution in [2.45, 2.75) is 32.9 Å². The Kier molecular flexibility index (Phi) is 4.53. The molecule has 1 N–H and O–H groups in total. The summed E-state index contributed by atoms with van der Waals surface area (Å²) in [4.78, 5) is 5.66. The number of thiophene rings is 1. The Bertz CT molecular complexity index is 500. The summed E-state index contributed by atoms with van der Waals surface area (Å²) in [7, 11) is 1.99. The molecule has 0 aliphatic carbocycles. The van der Waals surface area contributed by atoms with Crippen LogP contribution in [0.4, 0.5) is 0 Å². The second kappa shape index (κ2) is 5.95. The summed E-state index contributed by atoms with van der Waals surface area (Å²) >= 11 is 5.36. The van der Waals surface area contributed by atoms with Gasteiger partial charge in [0.05, 0.1) is 3.79 Å². The first-order chi connectivity index (χ1) is 8.65. The number of aromatic nitrogens is 3. The SMILES string of the molecule is CCn1ncnc1CC(NC)c1cc(C)c(Br)s1. The molecule has 0 saturated carbocycles. The van der Waals surface area contributed by atoms with E-state index in [4.69, 9.17) is 0 Å². The molecule has 0 fully saturated rings. The predicted molar refractivity (Wildman–Crippen MR) is 78.0 cm³/mol. The summed E-state index contributed by atoms with van der Waals surface area (Å²) in [5, 5.41) is 7.57. The van der Waals surface area contributed by atoms with Gasteiger partial charge in [-0.05, 0) is 48.5 Å². The van der Waals surface area contributed by atoms with Crippen LogP contribution in [0.15, 0.2) is 16.2 Å². The van der Waals surface area contributed by atoms with Crippen LogP contribution < -0.4 is 5.32 Å². The Labute approximate surface area is 120 Å². The van der Waals surface area contributed by atoms with Crippen LogP contribution >= 0.6 is 27.3 Å². The van der Waals surface area contributed by atoms with Crippen LogP contribution in [0.2, 0.25) is 0 Å². The van der Waals surface area contributed by atoms with Crippen molar-refractivity contribution in [3.8, 4) is 0 Å². The molecule has 4 nitrogen and oxygen atoms in total. The lowest BCUT2D eigenvalue weighted by Crippen LogP contribution is -2.20. The van der Waals surface area contributed by atoms with Gasteiger partial charge in [0, 0.05) is 23.9 Å². The van der Waals surface area contributed by atoms with E-state index in [0.29, 0.717) is 0 Å². The van der Waals surface area contributed by atoms with Gasteiger partial charge in [0.2, 0.25) is 0 Å². The lowest BCUT2D eigenvalue weighted by atomic mass is 10.1. The summed E-state index contributed by atoms with van der Waals surface area (Å²) in [5.41, 5.74) is 1.28. The summed E-state index contributed by atoms with van der Waals surface area (Å²) in [6, 6.07) is 2.51. The van der Waals surface area contributed by atoms with E-state index in [1.54, 1.807) is 17.7 Å². The van der Waals surface area contributed by atoms with Gasteiger partial charge in [0.15, 0.2) is 0 Å². The highest BCUT2D eigenvalue weighted by Gasteiger charge is 2.16. The van der Waals surface area contributed by atoms with Crippen molar-refractivity contribution in [3.63, 3.8) is 0 Å². The second-order valence-electron chi connectivity index (χ2n) is 4.14. The van der Waals surface area contributed by atoms with Crippen molar-refractivity contribution in [1.82, 2.24) is 20.1 Å². The van der Waals surface area contributed by atoms with Crippen LogP contribution in [0.3, 0.4) is 0 Å². The first kappa shape index (κ1) is 13.7. The molecule has 98 valence electrons. The maximum Gasteiger partial charge on any atom is 0.138 e. The lowest BCUT2D eigenvalue weighted by molar-refractivity contribution is 0.539. The minimum Gasteiger partial charge on any atom is -0.312 e.